The second-order valence-corrected chi connectivity index (χ2v) is 6.48. The zero-order valence-electron chi connectivity index (χ0n) is 14.2. The molecule has 0 spiro atoms. The molecule has 0 saturated carbocycles. The third-order valence-corrected chi connectivity index (χ3v) is 2.95. The van der Waals surface area contributed by atoms with Gasteiger partial charge in [0.1, 0.15) is 11.4 Å². The average Bonchev–Trinajstić information content (AvgIpc) is 2.76. The van der Waals surface area contributed by atoms with Crippen molar-refractivity contribution in [2.75, 3.05) is 19.6 Å². The normalized spacial score (nSPS) is 13.0. The molecule has 0 radical (unpaired) electrons. The summed E-state index contributed by atoms with van der Waals surface area (Å²) < 4.78 is 10.7. The highest BCUT2D eigenvalue weighted by atomic mass is 16.6. The SMILES string of the molecule is Cc1ccoc1CNCCN(CC(C)O)C(=O)OC(C)(C)C. The van der Waals surface area contributed by atoms with Gasteiger partial charge in [0, 0.05) is 19.6 Å². The first-order valence-corrected chi connectivity index (χ1v) is 7.58. The lowest BCUT2D eigenvalue weighted by Crippen LogP contribution is -2.43. The standard InChI is InChI=1S/C16H28N2O4/c1-12-6-9-21-14(12)10-17-7-8-18(11-13(2)19)15(20)22-16(3,4)5/h6,9,13,17,19H,7-8,10-11H2,1-5H3. The third-order valence-electron chi connectivity index (χ3n) is 2.95. The largest absolute Gasteiger partial charge is 0.468 e. The van der Waals surface area contributed by atoms with E-state index in [0.29, 0.717) is 19.6 Å². The van der Waals surface area contributed by atoms with E-state index in [0.717, 1.165) is 11.3 Å². The fourth-order valence-corrected chi connectivity index (χ4v) is 1.90. The molecular formula is C16H28N2O4. The van der Waals surface area contributed by atoms with Gasteiger partial charge in [0.25, 0.3) is 0 Å². The monoisotopic (exact) mass is 312 g/mol. The average molecular weight is 312 g/mol. The number of ether oxygens (including phenoxy) is 1. The highest BCUT2D eigenvalue weighted by Gasteiger charge is 2.22. The molecule has 0 saturated heterocycles. The van der Waals surface area contributed by atoms with E-state index in [-0.39, 0.29) is 6.54 Å². The smallest absolute Gasteiger partial charge is 0.410 e. The highest BCUT2D eigenvalue weighted by Crippen LogP contribution is 2.10. The van der Waals surface area contributed by atoms with Gasteiger partial charge in [0.2, 0.25) is 0 Å². The maximum atomic E-state index is 12.1. The van der Waals surface area contributed by atoms with E-state index in [9.17, 15) is 9.90 Å². The molecule has 1 aromatic heterocycles. The molecule has 1 rings (SSSR count). The summed E-state index contributed by atoms with van der Waals surface area (Å²) in [5.74, 6) is 0.888. The van der Waals surface area contributed by atoms with Gasteiger partial charge in [-0.15, -0.1) is 0 Å². The molecule has 1 amide bonds. The zero-order chi connectivity index (χ0) is 16.8. The molecular weight excluding hydrogens is 284 g/mol. The van der Waals surface area contributed by atoms with Crippen LogP contribution in [-0.2, 0) is 11.3 Å². The van der Waals surface area contributed by atoms with Crippen LogP contribution in [-0.4, -0.2) is 47.4 Å². The van der Waals surface area contributed by atoms with Crippen molar-refractivity contribution in [1.29, 1.82) is 0 Å². The fourth-order valence-electron chi connectivity index (χ4n) is 1.90. The van der Waals surface area contributed by atoms with Gasteiger partial charge in [-0.2, -0.15) is 0 Å². The predicted molar refractivity (Wildman–Crippen MR) is 84.6 cm³/mol. The highest BCUT2D eigenvalue weighted by molar-refractivity contribution is 5.68. The van der Waals surface area contributed by atoms with Crippen LogP contribution in [0.2, 0.25) is 0 Å². The van der Waals surface area contributed by atoms with E-state index in [4.69, 9.17) is 9.15 Å². The molecule has 126 valence electrons. The Balaban J connectivity index is 2.44. The molecule has 6 nitrogen and oxygen atoms in total. The fraction of sp³-hybridized carbons (Fsp3) is 0.688. The lowest BCUT2D eigenvalue weighted by Gasteiger charge is -2.28. The van der Waals surface area contributed by atoms with Gasteiger partial charge in [0.05, 0.1) is 18.9 Å². The van der Waals surface area contributed by atoms with Crippen LogP contribution in [0.1, 0.15) is 39.0 Å². The van der Waals surface area contributed by atoms with Crippen LogP contribution in [0.15, 0.2) is 16.7 Å². The Labute approximate surface area is 132 Å². The van der Waals surface area contributed by atoms with Crippen molar-refractivity contribution in [2.45, 2.75) is 52.9 Å². The topological polar surface area (TPSA) is 74.9 Å². The van der Waals surface area contributed by atoms with E-state index in [1.807, 2.05) is 33.8 Å². The van der Waals surface area contributed by atoms with E-state index in [1.165, 1.54) is 4.90 Å². The van der Waals surface area contributed by atoms with Gasteiger partial charge in [-0.1, -0.05) is 0 Å². The maximum absolute atomic E-state index is 12.1. The Hall–Kier alpha value is -1.53. The summed E-state index contributed by atoms with van der Waals surface area (Å²) >= 11 is 0. The number of aliphatic hydroxyl groups excluding tert-OH is 1. The summed E-state index contributed by atoms with van der Waals surface area (Å²) in [6, 6.07) is 1.91. The summed E-state index contributed by atoms with van der Waals surface area (Å²) in [7, 11) is 0. The number of nitrogens with one attached hydrogen (secondary N) is 1. The maximum Gasteiger partial charge on any atom is 0.410 e. The molecule has 0 fully saturated rings. The van der Waals surface area contributed by atoms with Gasteiger partial charge < -0.3 is 24.5 Å². The van der Waals surface area contributed by atoms with Crippen LogP contribution in [0.4, 0.5) is 4.79 Å². The van der Waals surface area contributed by atoms with Crippen LogP contribution in [0.5, 0.6) is 0 Å². The molecule has 1 aromatic rings. The Bertz CT molecular complexity index is 463. The third kappa shape index (κ3) is 6.95. The van der Waals surface area contributed by atoms with Crippen LogP contribution in [0.3, 0.4) is 0 Å². The van der Waals surface area contributed by atoms with Crippen LogP contribution >= 0.6 is 0 Å². The lowest BCUT2D eigenvalue weighted by atomic mass is 10.2. The molecule has 0 aliphatic heterocycles. The molecule has 1 atom stereocenters. The van der Waals surface area contributed by atoms with Crippen molar-refractivity contribution in [2.24, 2.45) is 0 Å². The summed E-state index contributed by atoms with van der Waals surface area (Å²) in [4.78, 5) is 13.6. The number of hydrogen-bond donors (Lipinski definition) is 2. The van der Waals surface area contributed by atoms with Crippen LogP contribution < -0.4 is 5.32 Å². The number of furan rings is 1. The number of carbonyl (C=O) groups is 1. The molecule has 22 heavy (non-hydrogen) atoms. The number of carbonyl (C=O) groups excluding carboxylic acids is 1. The number of rotatable bonds is 7. The molecule has 0 aliphatic rings. The first kappa shape index (κ1) is 18.5. The van der Waals surface area contributed by atoms with Crippen LogP contribution in [0, 0.1) is 6.92 Å². The number of amides is 1. The summed E-state index contributed by atoms with van der Waals surface area (Å²) in [6.07, 6.45) is 0.650. The van der Waals surface area contributed by atoms with Crippen molar-refractivity contribution < 1.29 is 19.1 Å². The first-order chi connectivity index (χ1) is 10.2. The minimum Gasteiger partial charge on any atom is -0.468 e. The molecule has 1 unspecified atom stereocenters. The van der Waals surface area contributed by atoms with Crippen molar-refractivity contribution in [3.05, 3.63) is 23.7 Å². The minimum absolute atomic E-state index is 0.246. The van der Waals surface area contributed by atoms with Gasteiger partial charge >= 0.3 is 6.09 Å². The second-order valence-electron chi connectivity index (χ2n) is 6.48. The van der Waals surface area contributed by atoms with E-state index >= 15 is 0 Å². The summed E-state index contributed by atoms with van der Waals surface area (Å²) in [6.45, 7) is 11.0. The van der Waals surface area contributed by atoms with Crippen molar-refractivity contribution in [3.63, 3.8) is 0 Å². The molecule has 0 aliphatic carbocycles. The Morgan fingerprint density at radius 1 is 1.50 bits per heavy atom. The zero-order valence-corrected chi connectivity index (χ0v) is 14.2. The van der Waals surface area contributed by atoms with Gasteiger partial charge in [-0.25, -0.2) is 4.79 Å². The van der Waals surface area contributed by atoms with E-state index < -0.39 is 17.8 Å². The predicted octanol–water partition coefficient (Wildman–Crippen LogP) is 2.30. The number of aryl methyl sites for hydroxylation is 1. The van der Waals surface area contributed by atoms with Crippen LogP contribution in [0.25, 0.3) is 0 Å². The molecule has 2 N–H and O–H groups in total. The quantitative estimate of drug-likeness (QED) is 0.756. The number of aliphatic hydroxyl groups is 1. The van der Waals surface area contributed by atoms with Crippen molar-refractivity contribution >= 4 is 6.09 Å². The lowest BCUT2D eigenvalue weighted by molar-refractivity contribution is 0.0164. The van der Waals surface area contributed by atoms with Gasteiger partial charge in [-0.05, 0) is 46.2 Å². The molecule has 0 bridgehead atoms. The Morgan fingerprint density at radius 3 is 2.68 bits per heavy atom. The summed E-state index contributed by atoms with van der Waals surface area (Å²) in [5, 5.41) is 12.8. The van der Waals surface area contributed by atoms with Crippen molar-refractivity contribution in [1.82, 2.24) is 10.2 Å². The Kier molecular flexibility index (Phi) is 6.90. The van der Waals surface area contributed by atoms with Crippen molar-refractivity contribution in [3.8, 4) is 0 Å². The van der Waals surface area contributed by atoms with E-state index in [1.54, 1.807) is 13.2 Å². The van der Waals surface area contributed by atoms with Gasteiger partial charge in [0.15, 0.2) is 0 Å². The summed E-state index contributed by atoms with van der Waals surface area (Å²) in [5.41, 5.74) is 0.549. The number of hydrogen-bond acceptors (Lipinski definition) is 5. The van der Waals surface area contributed by atoms with Gasteiger partial charge in [-0.3, -0.25) is 0 Å². The molecule has 0 aromatic carbocycles. The number of nitrogens with zero attached hydrogens (tertiary/aromatic N) is 1. The van der Waals surface area contributed by atoms with E-state index in [2.05, 4.69) is 5.32 Å². The molecule has 6 heteroatoms. The minimum atomic E-state index is -0.597. The first-order valence-electron chi connectivity index (χ1n) is 7.58. The second kappa shape index (κ2) is 8.19. The Morgan fingerprint density at radius 2 is 2.18 bits per heavy atom. The molecule has 1 heterocycles.